The highest BCUT2D eigenvalue weighted by atomic mass is 35.5. The summed E-state index contributed by atoms with van der Waals surface area (Å²) in [5, 5.41) is 0.582. The summed E-state index contributed by atoms with van der Waals surface area (Å²) >= 11 is 6.30. The fourth-order valence-electron chi connectivity index (χ4n) is 5.33. The third kappa shape index (κ3) is 4.92. The number of benzene rings is 3. The number of amides is 2. The van der Waals surface area contributed by atoms with Gasteiger partial charge >= 0.3 is 5.91 Å². The molecular weight excluding hydrogens is 446 g/mol. The number of carbonyl (C=O) groups is 2. The van der Waals surface area contributed by atoms with Gasteiger partial charge in [-0.1, -0.05) is 78.3 Å². The smallest absolute Gasteiger partial charge is 0.315 e. The van der Waals surface area contributed by atoms with E-state index in [-0.39, 0.29) is 22.7 Å². The number of nitrogens with two attached hydrogens (primary N) is 2. The molecule has 1 fully saturated rings. The van der Waals surface area contributed by atoms with Crippen LogP contribution in [0, 0.1) is 0 Å². The Morgan fingerprint density at radius 1 is 0.941 bits per heavy atom. The largest absolute Gasteiger partial charge is 0.364 e. The molecule has 176 valence electrons. The molecule has 0 radical (unpaired) electrons. The Morgan fingerprint density at radius 2 is 1.56 bits per heavy atom. The lowest BCUT2D eigenvalue weighted by molar-refractivity contribution is -0.871. The molecule has 1 heterocycles. The molecule has 0 aromatic heterocycles. The van der Waals surface area contributed by atoms with Gasteiger partial charge in [-0.3, -0.25) is 4.79 Å². The van der Waals surface area contributed by atoms with Gasteiger partial charge in [0.1, 0.15) is 6.54 Å². The van der Waals surface area contributed by atoms with Crippen molar-refractivity contribution in [1.29, 1.82) is 0 Å². The van der Waals surface area contributed by atoms with Gasteiger partial charge in [-0.15, -0.1) is 0 Å². The number of hydrogen-bond donors (Lipinski definition) is 2. The SMILES string of the molecule is NCc1ccc(Cl)cc1C[N+]1(C(=O)CC(c2ccccc2)c2ccccc2)CCC[C@H]1C(N)=O. The Hall–Kier alpha value is -2.99. The number of carbonyl (C=O) groups excluding carboxylic acids is 2. The van der Waals surface area contributed by atoms with E-state index in [4.69, 9.17) is 23.1 Å². The molecule has 5 nitrogen and oxygen atoms in total. The third-order valence-corrected chi connectivity index (χ3v) is 7.31. The third-order valence-electron chi connectivity index (χ3n) is 7.08. The molecule has 0 spiro atoms. The average Bonchev–Trinajstić information content (AvgIpc) is 3.29. The maximum absolute atomic E-state index is 14.2. The lowest BCUT2D eigenvalue weighted by Crippen LogP contribution is -2.59. The quantitative estimate of drug-likeness (QED) is 0.469. The summed E-state index contributed by atoms with van der Waals surface area (Å²) in [5.74, 6) is -0.535. The summed E-state index contributed by atoms with van der Waals surface area (Å²) in [5.41, 5.74) is 15.8. The maximum atomic E-state index is 14.2. The van der Waals surface area contributed by atoms with Crippen LogP contribution in [0.5, 0.6) is 0 Å². The van der Waals surface area contributed by atoms with Crippen LogP contribution in [0.15, 0.2) is 78.9 Å². The van der Waals surface area contributed by atoms with Gasteiger partial charge < -0.3 is 11.5 Å². The molecule has 0 saturated carbocycles. The molecule has 3 aromatic carbocycles. The van der Waals surface area contributed by atoms with Crippen LogP contribution in [0.1, 0.15) is 47.4 Å². The molecule has 6 heteroatoms. The standard InChI is InChI=1S/C28H30ClN3O2/c29-24-14-13-22(18-30)23(16-24)19-32(15-7-12-26(32)28(31)34)27(33)17-25(20-8-3-1-4-9-20)21-10-5-2-6-11-21/h1-6,8-11,13-14,16,25-26H,7,12,15,17-19,30H2,(H-,31,34)/p+1/t26-,32?/m0/s1. The Morgan fingerprint density at radius 3 is 2.12 bits per heavy atom. The molecule has 1 aliphatic rings. The van der Waals surface area contributed by atoms with Gasteiger partial charge in [0.05, 0.1) is 13.0 Å². The van der Waals surface area contributed by atoms with Crippen LogP contribution in [-0.2, 0) is 22.7 Å². The Balaban J connectivity index is 1.75. The van der Waals surface area contributed by atoms with Gasteiger partial charge in [0.25, 0.3) is 5.91 Å². The van der Waals surface area contributed by atoms with Crippen LogP contribution in [0.2, 0.25) is 5.02 Å². The average molecular weight is 477 g/mol. The van der Waals surface area contributed by atoms with E-state index in [1.807, 2.05) is 72.8 Å². The van der Waals surface area contributed by atoms with E-state index in [0.29, 0.717) is 31.1 Å². The van der Waals surface area contributed by atoms with Gasteiger partial charge in [-0.05, 0) is 28.8 Å². The highest BCUT2D eigenvalue weighted by Crippen LogP contribution is 2.37. The number of hydrogen-bond acceptors (Lipinski definition) is 3. The van der Waals surface area contributed by atoms with Crippen LogP contribution < -0.4 is 11.5 Å². The summed E-state index contributed by atoms with van der Waals surface area (Å²) in [7, 11) is 0. The highest BCUT2D eigenvalue weighted by molar-refractivity contribution is 6.30. The van der Waals surface area contributed by atoms with Crippen molar-refractivity contribution < 1.29 is 14.1 Å². The molecule has 1 aliphatic heterocycles. The molecule has 2 amide bonds. The lowest BCUT2D eigenvalue weighted by Gasteiger charge is -2.37. The number of quaternary nitrogens is 1. The van der Waals surface area contributed by atoms with Crippen molar-refractivity contribution in [2.75, 3.05) is 6.54 Å². The van der Waals surface area contributed by atoms with E-state index >= 15 is 0 Å². The first kappa shape index (κ1) is 24.1. The Kier molecular flexibility index (Phi) is 7.47. The Labute approximate surface area is 205 Å². The second kappa shape index (κ2) is 10.5. The number of rotatable bonds is 8. The van der Waals surface area contributed by atoms with E-state index in [0.717, 1.165) is 28.7 Å². The summed E-state index contributed by atoms with van der Waals surface area (Å²) in [6.45, 7) is 1.26. The molecular formula is C28H31ClN3O2+. The number of likely N-dealkylation sites (tertiary alicyclic amines) is 1. The monoisotopic (exact) mass is 476 g/mol. The van der Waals surface area contributed by atoms with E-state index in [1.165, 1.54) is 0 Å². The second-order valence-corrected chi connectivity index (χ2v) is 9.50. The minimum atomic E-state index is -0.565. The van der Waals surface area contributed by atoms with E-state index in [9.17, 15) is 9.59 Å². The fourth-order valence-corrected chi connectivity index (χ4v) is 5.53. The van der Waals surface area contributed by atoms with Gasteiger partial charge in [0.15, 0.2) is 6.04 Å². The van der Waals surface area contributed by atoms with E-state index in [2.05, 4.69) is 0 Å². The van der Waals surface area contributed by atoms with Gasteiger partial charge in [0.2, 0.25) is 0 Å². The van der Waals surface area contributed by atoms with Gasteiger partial charge in [0, 0.05) is 35.9 Å². The maximum Gasteiger partial charge on any atom is 0.315 e. The summed E-state index contributed by atoms with van der Waals surface area (Å²) in [6, 6.07) is 25.1. The van der Waals surface area contributed by atoms with E-state index in [1.54, 1.807) is 6.07 Å². The topological polar surface area (TPSA) is 86.2 Å². The predicted molar refractivity (Wildman–Crippen MR) is 135 cm³/mol. The van der Waals surface area contributed by atoms with Crippen molar-refractivity contribution in [3.05, 3.63) is 106 Å². The first-order valence-corrected chi connectivity index (χ1v) is 12.1. The normalized spacial score (nSPS) is 19.9. The zero-order valence-corrected chi connectivity index (χ0v) is 20.0. The molecule has 34 heavy (non-hydrogen) atoms. The van der Waals surface area contributed by atoms with Crippen molar-refractivity contribution in [2.24, 2.45) is 11.5 Å². The molecule has 4 N–H and O–H groups in total. The van der Waals surface area contributed by atoms with Gasteiger partial charge in [-0.25, -0.2) is 9.28 Å². The highest BCUT2D eigenvalue weighted by Gasteiger charge is 2.51. The summed E-state index contributed by atoms with van der Waals surface area (Å²) in [4.78, 5) is 26.8. The predicted octanol–water partition coefficient (Wildman–Crippen LogP) is 4.51. The molecule has 4 rings (SSSR count). The van der Waals surface area contributed by atoms with Crippen molar-refractivity contribution in [2.45, 2.75) is 44.3 Å². The van der Waals surface area contributed by atoms with Crippen LogP contribution in [0.3, 0.4) is 0 Å². The van der Waals surface area contributed by atoms with Crippen LogP contribution in [-0.4, -0.2) is 28.9 Å². The van der Waals surface area contributed by atoms with Crippen LogP contribution in [0.25, 0.3) is 0 Å². The number of primary amides is 1. The van der Waals surface area contributed by atoms with Gasteiger partial charge in [-0.2, -0.15) is 0 Å². The number of halogens is 1. The fraction of sp³-hybridized carbons (Fsp3) is 0.286. The zero-order chi connectivity index (χ0) is 24.1. The molecule has 0 aliphatic carbocycles. The summed E-state index contributed by atoms with van der Waals surface area (Å²) in [6.07, 6.45) is 1.64. The molecule has 3 aromatic rings. The second-order valence-electron chi connectivity index (χ2n) is 9.07. The number of nitrogens with zero attached hydrogens (tertiary/aromatic N) is 1. The van der Waals surface area contributed by atoms with Crippen LogP contribution in [0.4, 0.5) is 0 Å². The van der Waals surface area contributed by atoms with Crippen molar-refractivity contribution >= 4 is 23.4 Å². The summed E-state index contributed by atoms with van der Waals surface area (Å²) < 4.78 is 0.0127. The molecule has 2 atom stereocenters. The molecule has 1 unspecified atom stereocenters. The van der Waals surface area contributed by atoms with Crippen molar-refractivity contribution in [3.63, 3.8) is 0 Å². The van der Waals surface area contributed by atoms with Crippen molar-refractivity contribution in [1.82, 2.24) is 0 Å². The first-order valence-electron chi connectivity index (χ1n) is 11.7. The molecule has 1 saturated heterocycles. The minimum Gasteiger partial charge on any atom is -0.364 e. The molecule has 0 bridgehead atoms. The van der Waals surface area contributed by atoms with E-state index < -0.39 is 11.9 Å². The minimum absolute atomic E-state index is 0.0127. The Bertz CT molecular complexity index is 1110. The lowest BCUT2D eigenvalue weighted by atomic mass is 9.87. The van der Waals surface area contributed by atoms with Crippen molar-refractivity contribution in [3.8, 4) is 0 Å². The first-order chi connectivity index (χ1) is 16.4. The van der Waals surface area contributed by atoms with Crippen LogP contribution >= 0.6 is 11.6 Å². The zero-order valence-electron chi connectivity index (χ0n) is 19.2.